The van der Waals surface area contributed by atoms with Gasteiger partial charge >= 0.3 is 11.8 Å². The van der Waals surface area contributed by atoms with Crippen molar-refractivity contribution in [2.24, 2.45) is 5.92 Å². The highest BCUT2D eigenvalue weighted by Gasteiger charge is 2.42. The first-order chi connectivity index (χ1) is 11.7. The molecule has 1 amide bonds. The molecule has 0 saturated carbocycles. The lowest BCUT2D eigenvalue weighted by Gasteiger charge is -2.17. The van der Waals surface area contributed by atoms with Gasteiger partial charge in [-0.3, -0.25) is 9.88 Å². The van der Waals surface area contributed by atoms with Gasteiger partial charge in [-0.2, -0.15) is 4.98 Å². The van der Waals surface area contributed by atoms with Gasteiger partial charge in [-0.25, -0.2) is 14.0 Å². The van der Waals surface area contributed by atoms with Gasteiger partial charge in [-0.15, -0.1) is 0 Å². The molecule has 0 unspecified atom stereocenters. The lowest BCUT2D eigenvalue weighted by atomic mass is 10.1. The van der Waals surface area contributed by atoms with E-state index in [1.807, 2.05) is 13.8 Å². The molecule has 1 aromatic heterocycles. The molecule has 1 aliphatic rings. The highest BCUT2D eigenvalue weighted by molar-refractivity contribution is 5.83. The van der Waals surface area contributed by atoms with E-state index in [1.54, 1.807) is 0 Å². The van der Waals surface area contributed by atoms with Crippen molar-refractivity contribution in [3.05, 3.63) is 22.5 Å². The van der Waals surface area contributed by atoms with Gasteiger partial charge in [0.2, 0.25) is 0 Å². The second kappa shape index (κ2) is 7.89. The summed E-state index contributed by atoms with van der Waals surface area (Å²) in [5.41, 5.74) is -0.954. The number of aliphatic hydroxyl groups excluding tert-OH is 2. The molecule has 0 aromatic carbocycles. The van der Waals surface area contributed by atoms with E-state index in [1.165, 1.54) is 6.92 Å². The van der Waals surface area contributed by atoms with E-state index in [0.717, 1.165) is 10.8 Å². The number of nitrogens with one attached hydrogen (secondary N) is 1. The Kier molecular flexibility index (Phi) is 6.09. The zero-order valence-corrected chi connectivity index (χ0v) is 14.2. The van der Waals surface area contributed by atoms with Crippen molar-refractivity contribution >= 4 is 11.9 Å². The van der Waals surface area contributed by atoms with E-state index in [2.05, 4.69) is 10.3 Å². The topological polar surface area (TPSA) is 123 Å². The first-order valence-electron chi connectivity index (χ1n) is 7.94. The molecule has 10 heteroatoms. The largest absolute Gasteiger partial charge is 0.449 e. The highest BCUT2D eigenvalue weighted by Crippen LogP contribution is 2.28. The van der Waals surface area contributed by atoms with Gasteiger partial charge in [0.25, 0.3) is 0 Å². The van der Waals surface area contributed by atoms with Crippen LogP contribution in [0.3, 0.4) is 0 Å². The summed E-state index contributed by atoms with van der Waals surface area (Å²) in [5.74, 6) is -1.26. The maximum Gasteiger partial charge on any atom is 0.412 e. The number of carbonyl (C=O) groups is 1. The standard InChI is InChI=1S/C15H22FN3O6/c1-7(2)4-5-24-15(23)18-12-9(16)6-19(14(22)17-12)13-11(21)10(20)8(3)25-13/h6-8,10-11,13,20-21H,4-5H2,1-3H3,(H,17,18,22,23)/t8-,10-,11-,13-/m0/s1. The average molecular weight is 359 g/mol. The molecule has 140 valence electrons. The van der Waals surface area contributed by atoms with Crippen LogP contribution in [0.2, 0.25) is 0 Å². The third kappa shape index (κ3) is 4.53. The molecule has 1 aromatic rings. The van der Waals surface area contributed by atoms with Crippen molar-refractivity contribution in [1.29, 1.82) is 0 Å². The zero-order chi connectivity index (χ0) is 18.7. The Labute approximate surface area is 143 Å². The molecule has 0 bridgehead atoms. The van der Waals surface area contributed by atoms with Crippen LogP contribution in [0.1, 0.15) is 33.4 Å². The van der Waals surface area contributed by atoms with Gasteiger partial charge in [0.1, 0.15) is 12.2 Å². The number of rotatable bonds is 5. The number of nitrogens with zero attached hydrogens (tertiary/aromatic N) is 2. The number of hydrogen-bond acceptors (Lipinski definition) is 7. The maximum absolute atomic E-state index is 14.1. The molecular formula is C15H22FN3O6. The summed E-state index contributed by atoms with van der Waals surface area (Å²) >= 11 is 0. The third-order valence-corrected chi connectivity index (χ3v) is 3.81. The van der Waals surface area contributed by atoms with Crippen LogP contribution in [0.15, 0.2) is 11.0 Å². The molecule has 2 heterocycles. The molecule has 4 atom stereocenters. The average Bonchev–Trinajstić information content (AvgIpc) is 2.77. The fourth-order valence-electron chi connectivity index (χ4n) is 2.29. The molecule has 1 saturated heterocycles. The Morgan fingerprint density at radius 1 is 1.48 bits per heavy atom. The number of aliphatic hydroxyl groups is 2. The van der Waals surface area contributed by atoms with Crippen molar-refractivity contribution in [2.45, 2.75) is 51.7 Å². The number of halogens is 1. The summed E-state index contributed by atoms with van der Waals surface area (Å²) in [6, 6.07) is 0. The van der Waals surface area contributed by atoms with Crippen LogP contribution in [-0.2, 0) is 9.47 Å². The summed E-state index contributed by atoms with van der Waals surface area (Å²) in [7, 11) is 0. The number of amides is 1. The SMILES string of the molecule is CC(C)CCOC(=O)Nc1nc(=O)n([C@H]2O[C@@H](C)[C@H](O)[C@@H]2O)cc1F. The predicted molar refractivity (Wildman–Crippen MR) is 84.5 cm³/mol. The van der Waals surface area contributed by atoms with Crippen molar-refractivity contribution in [1.82, 2.24) is 9.55 Å². The normalized spacial score (nSPS) is 26.0. The van der Waals surface area contributed by atoms with Crippen LogP contribution >= 0.6 is 0 Å². The highest BCUT2D eigenvalue weighted by atomic mass is 19.1. The molecule has 1 fully saturated rings. The number of hydrogen-bond donors (Lipinski definition) is 3. The van der Waals surface area contributed by atoms with Crippen LogP contribution in [0, 0.1) is 11.7 Å². The first kappa shape index (κ1) is 19.3. The number of ether oxygens (including phenoxy) is 2. The van der Waals surface area contributed by atoms with Crippen molar-refractivity contribution < 1.29 is 28.9 Å². The van der Waals surface area contributed by atoms with E-state index >= 15 is 0 Å². The zero-order valence-electron chi connectivity index (χ0n) is 14.2. The molecule has 25 heavy (non-hydrogen) atoms. The van der Waals surface area contributed by atoms with Gasteiger partial charge in [0.15, 0.2) is 17.9 Å². The van der Waals surface area contributed by atoms with E-state index < -0.39 is 48.0 Å². The molecule has 1 aliphatic heterocycles. The second-order valence-corrected chi connectivity index (χ2v) is 6.28. The number of aromatic nitrogens is 2. The lowest BCUT2D eigenvalue weighted by Crippen LogP contribution is -2.36. The maximum atomic E-state index is 14.1. The summed E-state index contributed by atoms with van der Waals surface area (Å²) < 4.78 is 25.0. The van der Waals surface area contributed by atoms with Gasteiger partial charge < -0.3 is 19.7 Å². The number of anilines is 1. The van der Waals surface area contributed by atoms with Crippen molar-refractivity contribution in [3.63, 3.8) is 0 Å². The van der Waals surface area contributed by atoms with Crippen molar-refractivity contribution in [2.75, 3.05) is 11.9 Å². The van der Waals surface area contributed by atoms with E-state index in [9.17, 15) is 24.2 Å². The monoisotopic (exact) mass is 359 g/mol. The molecule has 3 N–H and O–H groups in total. The van der Waals surface area contributed by atoms with Crippen LogP contribution < -0.4 is 11.0 Å². The smallest absolute Gasteiger partial charge is 0.412 e. The van der Waals surface area contributed by atoms with Crippen LogP contribution in [0.5, 0.6) is 0 Å². The van der Waals surface area contributed by atoms with Crippen LogP contribution in [0.4, 0.5) is 15.0 Å². The van der Waals surface area contributed by atoms with Gasteiger partial charge in [-0.05, 0) is 19.3 Å². The van der Waals surface area contributed by atoms with Crippen LogP contribution in [0.25, 0.3) is 0 Å². The molecule has 2 rings (SSSR count). The minimum absolute atomic E-state index is 0.153. The van der Waals surface area contributed by atoms with E-state index in [4.69, 9.17) is 9.47 Å². The number of carbonyl (C=O) groups excluding carboxylic acids is 1. The molecule has 0 aliphatic carbocycles. The lowest BCUT2D eigenvalue weighted by molar-refractivity contribution is -0.0355. The third-order valence-electron chi connectivity index (χ3n) is 3.81. The first-order valence-corrected chi connectivity index (χ1v) is 7.94. The fourth-order valence-corrected chi connectivity index (χ4v) is 2.29. The molecule has 0 spiro atoms. The van der Waals surface area contributed by atoms with Gasteiger partial charge in [0.05, 0.1) is 18.9 Å². The van der Waals surface area contributed by atoms with E-state index in [0.29, 0.717) is 12.3 Å². The molecule has 0 radical (unpaired) electrons. The van der Waals surface area contributed by atoms with Crippen LogP contribution in [-0.4, -0.2) is 50.8 Å². The Morgan fingerprint density at radius 3 is 2.72 bits per heavy atom. The van der Waals surface area contributed by atoms with Gasteiger partial charge in [-0.1, -0.05) is 13.8 Å². The van der Waals surface area contributed by atoms with Gasteiger partial charge in [0, 0.05) is 0 Å². The minimum Gasteiger partial charge on any atom is -0.449 e. The fraction of sp³-hybridized carbons (Fsp3) is 0.667. The predicted octanol–water partition coefficient (Wildman–Crippen LogP) is 0.616. The van der Waals surface area contributed by atoms with Crippen molar-refractivity contribution in [3.8, 4) is 0 Å². The Balaban J connectivity index is 2.10. The second-order valence-electron chi connectivity index (χ2n) is 6.28. The summed E-state index contributed by atoms with van der Waals surface area (Å²) in [4.78, 5) is 27.1. The quantitative estimate of drug-likeness (QED) is 0.704. The summed E-state index contributed by atoms with van der Waals surface area (Å²) in [6.45, 7) is 5.57. The summed E-state index contributed by atoms with van der Waals surface area (Å²) in [6.07, 6.45) is -4.16. The molecule has 9 nitrogen and oxygen atoms in total. The summed E-state index contributed by atoms with van der Waals surface area (Å²) in [5, 5.41) is 21.6. The Hall–Kier alpha value is -2.04. The van der Waals surface area contributed by atoms with E-state index in [-0.39, 0.29) is 6.61 Å². The molecular weight excluding hydrogens is 337 g/mol. The minimum atomic E-state index is -1.41. The Bertz CT molecular complexity index is 680. The Morgan fingerprint density at radius 2 is 2.16 bits per heavy atom.